The highest BCUT2D eigenvalue weighted by Crippen LogP contribution is 2.46. The number of aromatic amines is 2. The molecule has 31 heteroatoms. The van der Waals surface area contributed by atoms with Crippen LogP contribution in [0.5, 0.6) is 23.3 Å². The van der Waals surface area contributed by atoms with Crippen LogP contribution in [0.4, 0.5) is 29.2 Å². The number of carbonyl (C=O) groups excluding carboxylic acids is 6. The zero-order valence-electron chi connectivity index (χ0n) is 58.2. The molecule has 544 valence electrons. The number of halogens is 5. The minimum atomic E-state index is -2.98. The summed E-state index contributed by atoms with van der Waals surface area (Å²) in [5.41, 5.74) is -1.54. The lowest BCUT2D eigenvalue weighted by molar-refractivity contribution is -0.137. The third-order valence-electron chi connectivity index (χ3n) is 19.1. The number of pyridine rings is 6. The molecule has 6 aromatic heterocycles. The van der Waals surface area contributed by atoms with Crippen molar-refractivity contribution in [3.8, 4) is 23.3 Å². The fourth-order valence-electron chi connectivity index (χ4n) is 11.8. The summed E-state index contributed by atoms with van der Waals surface area (Å²) in [5, 5.41) is 8.42. The van der Waals surface area contributed by atoms with Gasteiger partial charge in [0.1, 0.15) is 34.7 Å². The Labute approximate surface area is 599 Å². The molecular formula is C71H87B2BrF4N12O12. The van der Waals surface area contributed by atoms with E-state index in [9.17, 15) is 55.9 Å². The zero-order chi connectivity index (χ0) is 73.8. The number of ketones is 2. The predicted octanol–water partition coefficient (Wildman–Crippen LogP) is 7.73. The van der Waals surface area contributed by atoms with Crippen LogP contribution >= 0.6 is 15.9 Å². The second-order valence-electron chi connectivity index (χ2n) is 26.7. The lowest BCUT2D eigenvalue weighted by Crippen LogP contribution is -2.60. The van der Waals surface area contributed by atoms with E-state index in [0.29, 0.717) is 98.4 Å². The third kappa shape index (κ3) is 21.5. The average molecular weight is 1480 g/mol. The van der Waals surface area contributed by atoms with Crippen molar-refractivity contribution in [2.45, 2.75) is 131 Å². The number of nitrogens with zero attached hydrogens (tertiary/aromatic N) is 7. The van der Waals surface area contributed by atoms with E-state index in [1.54, 1.807) is 88.1 Å². The molecule has 24 nitrogen and oxygen atoms in total. The standard InChI is InChI=1S/C23H28F2N4O3.C13H16BN2O3.C12H14BN2O3.C12H15BrN2O2.C11H14F2N2O/c1-15(21(31)28-19-7-6-18(12-26-19)32-13-16-3-4-16)29-10-9-23(24,25)22(2,14-29)17-5-8-20(30)27-11-17;1-13(10-3-4-12(19-2)15-7-10)8-16(14-9-17)6-5-11(13)18;1-18-12-3-2-9(6-14-12)10-7-15(13-8-16)5-4-11(10)17;1-8(13)12(16)15-11-5-4-10(6-14-11)17-7-9-2-3-9;1-10(7-14-5-4-11(10,12)13)8-2-3-9(16)15-6-8/h5-8,11-12,15-16H,3-4,9-10,13-14H2,1-2H3,(H,27,30)(H,26,28,31);3-4,7,9H,5-6,8H2,1-2H3;2-3,6,8,10H,4-5,7H2,1H3;4-6,8-9H,2-3,7H2,1H3,(H,14,15,16);2-3,6,14H,4-5,7H2,1H3,(H,15,16)/t15-,22+;;;8-;/m0..1./s1. The number of rotatable bonds is 21. The van der Waals surface area contributed by atoms with Gasteiger partial charge >= 0.3 is 0 Å². The summed E-state index contributed by atoms with van der Waals surface area (Å²) in [6.07, 6.45) is 16.0. The van der Waals surface area contributed by atoms with Crippen LogP contribution in [0, 0.1) is 11.8 Å². The first kappa shape index (κ1) is 79.2. The largest absolute Gasteiger partial charge is 0.492 e. The molecule has 6 fully saturated rings. The van der Waals surface area contributed by atoms with E-state index in [1.807, 2.05) is 34.7 Å². The Morgan fingerprint density at radius 2 is 1.17 bits per heavy atom. The molecule has 2 radical (unpaired) electrons. The van der Waals surface area contributed by atoms with Gasteiger partial charge in [-0.1, -0.05) is 40.2 Å². The quantitative estimate of drug-likeness (QED) is 0.0199. The van der Waals surface area contributed by atoms with E-state index in [4.69, 9.17) is 18.9 Å². The number of carbonyl (C=O) groups is 6. The number of hydrogen-bond donors (Lipinski definition) is 5. The minimum absolute atomic E-state index is 0.0258. The Balaban J connectivity index is 0.000000167. The SMILES string of the molecule is CC1(c2ccc(=O)[nH]c2)CNCCC1(F)F.COc1ccc(C2(C)CN([B]C=O)CCC2=O)cn1.COc1ccc(C2CN([B]C=O)CCC2=O)cn1.C[C@@H](Br)C(=O)Nc1ccc(OCC2CC2)cn1.C[C@@H](C(=O)Nc1ccc(OCC2CC2)cn1)N1CCC(F)(F)[C@@](C)(c2ccc(=O)[nH]c2)C1. The number of ether oxygens (including phenoxy) is 4. The van der Waals surface area contributed by atoms with Gasteiger partial charge in [0.25, 0.3) is 26.7 Å². The topological polar surface area (TPSA) is 302 Å². The molecule has 0 aromatic carbocycles. The van der Waals surface area contributed by atoms with Crippen molar-refractivity contribution in [2.75, 3.05) is 90.4 Å². The van der Waals surface area contributed by atoms with Crippen LogP contribution in [0.15, 0.2) is 120 Å². The molecule has 2 amide bonds. The number of anilines is 2. The van der Waals surface area contributed by atoms with Crippen LogP contribution in [0.1, 0.15) is 114 Å². The molecule has 4 saturated heterocycles. The van der Waals surface area contributed by atoms with Gasteiger partial charge in [0.2, 0.25) is 34.7 Å². The number of methoxy groups -OCH3 is 2. The smallest absolute Gasteiger partial charge is 0.293 e. The zero-order valence-corrected chi connectivity index (χ0v) is 59.8. The highest BCUT2D eigenvalue weighted by Gasteiger charge is 2.56. The lowest BCUT2D eigenvalue weighted by atomic mass is 9.72. The molecule has 4 aliphatic heterocycles. The van der Waals surface area contributed by atoms with Crippen LogP contribution in [0.3, 0.4) is 0 Å². The van der Waals surface area contributed by atoms with Gasteiger partial charge in [-0.15, -0.1) is 0 Å². The van der Waals surface area contributed by atoms with E-state index in [0.717, 1.165) is 41.8 Å². The van der Waals surface area contributed by atoms with Gasteiger partial charge in [-0.2, -0.15) is 0 Å². The summed E-state index contributed by atoms with van der Waals surface area (Å²) in [5.74, 6) is -1.27. The highest BCUT2D eigenvalue weighted by atomic mass is 79.9. The van der Waals surface area contributed by atoms with Gasteiger partial charge in [-0.05, 0) is 132 Å². The summed E-state index contributed by atoms with van der Waals surface area (Å²) in [7, 11) is 6.07. The molecule has 2 aliphatic carbocycles. The van der Waals surface area contributed by atoms with Gasteiger partial charge < -0.3 is 64.1 Å². The van der Waals surface area contributed by atoms with Crippen molar-refractivity contribution in [1.82, 2.24) is 49.7 Å². The fraction of sp³-hybridized carbons (Fsp3) is 0.493. The molecule has 102 heavy (non-hydrogen) atoms. The summed E-state index contributed by atoms with van der Waals surface area (Å²) < 4.78 is 78.9. The molecule has 0 spiro atoms. The summed E-state index contributed by atoms with van der Waals surface area (Å²) in [4.78, 5) is 118. The molecule has 12 rings (SSSR count). The Bertz CT molecular complexity index is 3860. The molecule has 2 saturated carbocycles. The van der Waals surface area contributed by atoms with Crippen molar-refractivity contribution >= 4 is 78.1 Å². The van der Waals surface area contributed by atoms with Crippen molar-refractivity contribution in [3.63, 3.8) is 0 Å². The number of amides is 2. The molecule has 10 heterocycles. The first-order valence-corrected chi connectivity index (χ1v) is 34.7. The van der Waals surface area contributed by atoms with E-state index >= 15 is 0 Å². The van der Waals surface area contributed by atoms with Gasteiger partial charge in [0, 0.05) is 114 Å². The van der Waals surface area contributed by atoms with E-state index < -0.39 is 34.1 Å². The normalized spacial score (nSPS) is 22.9. The summed E-state index contributed by atoms with van der Waals surface area (Å²) >= 11 is 3.19. The van der Waals surface area contributed by atoms with Crippen molar-refractivity contribution < 1.29 is 65.3 Å². The Kier molecular flexibility index (Phi) is 28.0. The van der Waals surface area contributed by atoms with Crippen molar-refractivity contribution in [2.24, 2.45) is 11.8 Å². The van der Waals surface area contributed by atoms with Crippen LogP contribution in [-0.2, 0) is 45.0 Å². The van der Waals surface area contributed by atoms with Crippen LogP contribution < -0.4 is 46.0 Å². The van der Waals surface area contributed by atoms with Crippen LogP contribution in [0.25, 0.3) is 0 Å². The average Bonchev–Trinajstić information content (AvgIpc) is 1.09. The first-order chi connectivity index (χ1) is 48.6. The maximum Gasteiger partial charge on any atom is 0.293 e. The predicted molar refractivity (Wildman–Crippen MR) is 381 cm³/mol. The number of piperidine rings is 4. The summed E-state index contributed by atoms with van der Waals surface area (Å²) in [6, 6.07) is 19.0. The van der Waals surface area contributed by atoms with E-state index in [-0.39, 0.29) is 77.7 Å². The molecule has 3 unspecified atom stereocenters. The minimum Gasteiger partial charge on any atom is -0.492 e. The van der Waals surface area contributed by atoms with Gasteiger partial charge in [-0.3, -0.25) is 33.7 Å². The molecule has 5 N–H and O–H groups in total. The second kappa shape index (κ2) is 36.1. The molecular weight excluding hydrogens is 1390 g/mol. The van der Waals surface area contributed by atoms with Crippen molar-refractivity contribution in [1.29, 1.82) is 0 Å². The van der Waals surface area contributed by atoms with Gasteiger partial charge in [0.15, 0.2) is 0 Å². The monoisotopic (exact) mass is 1480 g/mol. The number of likely N-dealkylation sites (tertiary alicyclic amines) is 1. The van der Waals surface area contributed by atoms with Crippen molar-refractivity contribution in [3.05, 3.63) is 153 Å². The first-order valence-electron chi connectivity index (χ1n) is 33.8. The third-order valence-corrected chi connectivity index (χ3v) is 19.5. The second-order valence-corrected chi connectivity index (χ2v) is 28.0. The lowest BCUT2D eigenvalue weighted by Gasteiger charge is -2.47. The Hall–Kier alpha value is -8.51. The van der Waals surface area contributed by atoms with Crippen LogP contribution in [-0.4, -0.2) is 198 Å². The van der Waals surface area contributed by atoms with E-state index in [1.165, 1.54) is 91.0 Å². The van der Waals surface area contributed by atoms with E-state index in [2.05, 4.69) is 61.8 Å². The van der Waals surface area contributed by atoms with Gasteiger partial charge in [-0.25, -0.2) is 37.5 Å². The number of hydrogen-bond acceptors (Lipinski definition) is 20. The number of aromatic nitrogens is 6. The number of Topliss-reactive ketones (excluding diaryl/α,β-unsaturated/α-hetero) is 2. The maximum absolute atomic E-state index is 14.9. The molecule has 6 aliphatic rings. The maximum atomic E-state index is 14.9. The fourth-order valence-corrected chi connectivity index (χ4v) is 11.9. The molecule has 6 aromatic rings. The number of nitrogens with one attached hydrogen (secondary N) is 5. The van der Waals surface area contributed by atoms with Gasteiger partial charge in [0.05, 0.1) is 85.2 Å². The number of alkyl halides is 5. The highest BCUT2D eigenvalue weighted by molar-refractivity contribution is 9.10. The summed E-state index contributed by atoms with van der Waals surface area (Å²) in [6.45, 7) is 12.6. The van der Waals surface area contributed by atoms with Crippen LogP contribution in [0.2, 0.25) is 0 Å². The number of H-pyrrole nitrogens is 2. The Morgan fingerprint density at radius 1 is 0.637 bits per heavy atom. The molecule has 0 bridgehead atoms. The Morgan fingerprint density at radius 3 is 1.65 bits per heavy atom. The molecule has 6 atom stereocenters.